The molecule has 0 spiro atoms. The molecular weight excluding hydrogens is 386 g/mol. The molecular formula is C18H17N3O4S2. The van der Waals surface area contributed by atoms with Crippen molar-refractivity contribution < 1.29 is 17.9 Å². The van der Waals surface area contributed by atoms with Crippen molar-refractivity contribution in [1.29, 1.82) is 0 Å². The van der Waals surface area contributed by atoms with E-state index in [0.29, 0.717) is 24.6 Å². The minimum Gasteiger partial charge on any atom is -0.490 e. The van der Waals surface area contributed by atoms with E-state index in [1.807, 2.05) is 25.1 Å². The number of carbonyl (C=O) groups is 1. The second-order valence-electron chi connectivity index (χ2n) is 6.15. The summed E-state index contributed by atoms with van der Waals surface area (Å²) in [6.45, 7) is 2.83. The molecule has 2 heterocycles. The van der Waals surface area contributed by atoms with Gasteiger partial charge in [-0.1, -0.05) is 30.0 Å². The quantitative estimate of drug-likeness (QED) is 0.829. The Hall–Kier alpha value is -2.52. The summed E-state index contributed by atoms with van der Waals surface area (Å²) in [6, 6.07) is 12.3. The molecule has 1 amide bonds. The van der Waals surface area contributed by atoms with Crippen molar-refractivity contribution in [2.24, 2.45) is 4.40 Å². The summed E-state index contributed by atoms with van der Waals surface area (Å²) in [7, 11) is -3.76. The van der Waals surface area contributed by atoms with E-state index >= 15 is 0 Å². The van der Waals surface area contributed by atoms with Gasteiger partial charge >= 0.3 is 0 Å². The first-order valence-corrected chi connectivity index (χ1v) is 10.7. The first-order valence-electron chi connectivity index (χ1n) is 8.32. The summed E-state index contributed by atoms with van der Waals surface area (Å²) in [6.07, 6.45) is 0. The van der Waals surface area contributed by atoms with Crippen molar-refractivity contribution in [2.75, 3.05) is 29.1 Å². The number of amides is 1. The summed E-state index contributed by atoms with van der Waals surface area (Å²) >= 11 is 1.07. The third-order valence-corrected chi connectivity index (χ3v) is 6.53. The molecule has 1 N–H and O–H groups in total. The lowest BCUT2D eigenvalue weighted by atomic mass is 10.1. The van der Waals surface area contributed by atoms with Crippen LogP contribution in [0.3, 0.4) is 0 Å². The van der Waals surface area contributed by atoms with Gasteiger partial charge in [0.25, 0.3) is 10.0 Å². The molecule has 0 unspecified atom stereocenters. The van der Waals surface area contributed by atoms with Gasteiger partial charge in [-0.15, -0.1) is 4.40 Å². The monoisotopic (exact) mass is 403 g/mol. The van der Waals surface area contributed by atoms with Crippen molar-refractivity contribution >= 4 is 44.2 Å². The third kappa shape index (κ3) is 3.52. The van der Waals surface area contributed by atoms with Crippen LogP contribution in [0.1, 0.15) is 5.56 Å². The van der Waals surface area contributed by atoms with E-state index in [0.717, 1.165) is 23.0 Å². The fourth-order valence-corrected chi connectivity index (χ4v) is 5.06. The van der Waals surface area contributed by atoms with Crippen LogP contribution in [0.5, 0.6) is 5.75 Å². The van der Waals surface area contributed by atoms with Gasteiger partial charge in [0.2, 0.25) is 5.91 Å². The normalized spacial score (nSPS) is 17.1. The van der Waals surface area contributed by atoms with E-state index in [9.17, 15) is 13.2 Å². The fourth-order valence-electron chi connectivity index (χ4n) is 2.95. The molecule has 2 aromatic rings. The summed E-state index contributed by atoms with van der Waals surface area (Å²) in [5, 5.41) is 3.17. The summed E-state index contributed by atoms with van der Waals surface area (Å²) in [4.78, 5) is 14.5. The maximum atomic E-state index is 12.7. The number of para-hydroxylation sites is 1. The summed E-state index contributed by atoms with van der Waals surface area (Å²) < 4.78 is 33.9. The molecule has 2 aliphatic heterocycles. The van der Waals surface area contributed by atoms with Crippen molar-refractivity contribution in [2.45, 2.75) is 11.8 Å². The van der Waals surface area contributed by atoms with E-state index in [4.69, 9.17) is 4.74 Å². The number of anilines is 2. The second-order valence-corrected chi connectivity index (χ2v) is 8.68. The molecule has 4 rings (SSSR count). The van der Waals surface area contributed by atoms with Crippen LogP contribution in [-0.2, 0) is 14.8 Å². The summed E-state index contributed by atoms with van der Waals surface area (Å²) in [5.74, 6) is 0.613. The van der Waals surface area contributed by atoms with Gasteiger partial charge in [0.05, 0.1) is 23.7 Å². The van der Waals surface area contributed by atoms with E-state index in [2.05, 4.69) is 9.71 Å². The van der Waals surface area contributed by atoms with Gasteiger partial charge in [-0.25, -0.2) is 0 Å². The van der Waals surface area contributed by atoms with Gasteiger partial charge in [-0.05, 0) is 36.8 Å². The SMILES string of the molecule is Cc1ccc2c(c1)N(C(=O)CSC1=NS(=O)(=O)c3ccccc3N1)CCO2. The molecule has 0 fully saturated rings. The Morgan fingerprint density at radius 3 is 2.96 bits per heavy atom. The maximum absolute atomic E-state index is 12.7. The predicted octanol–water partition coefficient (Wildman–Crippen LogP) is 2.62. The van der Waals surface area contributed by atoms with Crippen LogP contribution < -0.4 is 15.0 Å². The number of hydrogen-bond acceptors (Lipinski definition) is 6. The Bertz CT molecular complexity index is 1050. The number of carbonyl (C=O) groups excluding carboxylic acids is 1. The Labute approximate surface area is 161 Å². The number of fused-ring (bicyclic) bond motifs is 2. The molecule has 0 bridgehead atoms. The molecule has 27 heavy (non-hydrogen) atoms. The van der Waals surface area contributed by atoms with E-state index in [-0.39, 0.29) is 21.7 Å². The van der Waals surface area contributed by atoms with Crippen LogP contribution >= 0.6 is 11.8 Å². The van der Waals surface area contributed by atoms with Crippen LogP contribution in [0.4, 0.5) is 11.4 Å². The lowest BCUT2D eigenvalue weighted by molar-refractivity contribution is -0.116. The number of thioether (sulfide) groups is 1. The molecule has 7 nitrogen and oxygen atoms in total. The highest BCUT2D eigenvalue weighted by Crippen LogP contribution is 2.33. The van der Waals surface area contributed by atoms with Gasteiger partial charge in [-0.3, -0.25) is 4.79 Å². The van der Waals surface area contributed by atoms with Crippen molar-refractivity contribution in [3.05, 3.63) is 48.0 Å². The molecule has 0 saturated heterocycles. The van der Waals surface area contributed by atoms with Gasteiger partial charge in [0.1, 0.15) is 17.3 Å². The van der Waals surface area contributed by atoms with E-state index in [1.165, 1.54) is 6.07 Å². The van der Waals surface area contributed by atoms with Crippen LogP contribution in [0, 0.1) is 6.92 Å². The predicted molar refractivity (Wildman–Crippen MR) is 106 cm³/mol. The van der Waals surface area contributed by atoms with Gasteiger partial charge in [-0.2, -0.15) is 8.42 Å². The average molecular weight is 403 g/mol. The second kappa shape index (κ2) is 6.90. The zero-order valence-corrected chi connectivity index (χ0v) is 16.1. The number of rotatable bonds is 2. The highest BCUT2D eigenvalue weighted by atomic mass is 32.2. The molecule has 0 aliphatic carbocycles. The topological polar surface area (TPSA) is 88.1 Å². The van der Waals surface area contributed by atoms with Gasteiger partial charge < -0.3 is 15.0 Å². The Balaban J connectivity index is 1.50. The van der Waals surface area contributed by atoms with Crippen LogP contribution in [0.15, 0.2) is 51.8 Å². The van der Waals surface area contributed by atoms with E-state index < -0.39 is 10.0 Å². The number of amidine groups is 1. The Morgan fingerprint density at radius 2 is 2.11 bits per heavy atom. The lowest BCUT2D eigenvalue weighted by Crippen LogP contribution is -2.39. The minimum atomic E-state index is -3.76. The number of nitrogens with one attached hydrogen (secondary N) is 1. The fraction of sp³-hybridized carbons (Fsp3) is 0.222. The first kappa shape index (κ1) is 17.9. The molecule has 0 atom stereocenters. The van der Waals surface area contributed by atoms with Crippen molar-refractivity contribution in [3.63, 3.8) is 0 Å². The highest BCUT2D eigenvalue weighted by Gasteiger charge is 2.27. The lowest BCUT2D eigenvalue weighted by Gasteiger charge is -2.30. The zero-order chi connectivity index (χ0) is 19.0. The number of nitrogens with zero attached hydrogens (tertiary/aromatic N) is 2. The Morgan fingerprint density at radius 1 is 1.30 bits per heavy atom. The standard InChI is InChI=1S/C18H17N3O4S2/c1-12-6-7-15-14(10-12)21(8-9-25-15)17(22)11-26-18-19-13-4-2-3-5-16(13)27(23,24)20-18/h2-7,10H,8-9,11H2,1H3,(H,19,20). The molecule has 9 heteroatoms. The largest absolute Gasteiger partial charge is 0.490 e. The highest BCUT2D eigenvalue weighted by molar-refractivity contribution is 8.15. The minimum absolute atomic E-state index is 0.0664. The van der Waals surface area contributed by atoms with Crippen molar-refractivity contribution in [3.8, 4) is 5.75 Å². The number of ether oxygens (including phenoxy) is 1. The maximum Gasteiger partial charge on any atom is 0.286 e. The third-order valence-electron chi connectivity index (χ3n) is 4.22. The van der Waals surface area contributed by atoms with E-state index in [1.54, 1.807) is 23.1 Å². The molecule has 0 saturated carbocycles. The number of aryl methyl sites for hydroxylation is 1. The van der Waals surface area contributed by atoms with Crippen molar-refractivity contribution in [1.82, 2.24) is 0 Å². The summed E-state index contributed by atoms with van der Waals surface area (Å²) in [5.41, 5.74) is 2.24. The Kier molecular flexibility index (Phi) is 4.56. The molecule has 2 aromatic carbocycles. The molecule has 140 valence electrons. The average Bonchev–Trinajstić information content (AvgIpc) is 2.65. The van der Waals surface area contributed by atoms with Crippen LogP contribution in [-0.4, -0.2) is 38.4 Å². The van der Waals surface area contributed by atoms with Crippen LogP contribution in [0.25, 0.3) is 0 Å². The number of benzene rings is 2. The number of hydrogen-bond donors (Lipinski definition) is 1. The van der Waals surface area contributed by atoms with Gasteiger partial charge in [0, 0.05) is 0 Å². The molecule has 2 aliphatic rings. The number of sulfonamides is 1. The smallest absolute Gasteiger partial charge is 0.286 e. The first-order chi connectivity index (χ1) is 12.9. The molecule has 0 aromatic heterocycles. The zero-order valence-electron chi connectivity index (χ0n) is 14.5. The van der Waals surface area contributed by atoms with Crippen LogP contribution in [0.2, 0.25) is 0 Å². The van der Waals surface area contributed by atoms with Gasteiger partial charge in [0.15, 0.2) is 5.17 Å². The molecule has 0 radical (unpaired) electrons.